The van der Waals surface area contributed by atoms with E-state index in [1.54, 1.807) is 31.2 Å². The summed E-state index contributed by atoms with van der Waals surface area (Å²) in [5, 5.41) is 18.1. The van der Waals surface area contributed by atoms with Crippen LogP contribution < -0.4 is 15.4 Å². The fourth-order valence-corrected chi connectivity index (χ4v) is 4.40. The molecule has 4 rings (SSSR count). The first-order valence-electron chi connectivity index (χ1n) is 12.4. The number of rotatable bonds is 10. The molecule has 1 unspecified atom stereocenters. The average Bonchev–Trinajstić information content (AvgIpc) is 2.90. The van der Waals surface area contributed by atoms with Crippen LogP contribution in [0.25, 0.3) is 0 Å². The number of carbonyl (C=O) groups excluding carboxylic acids is 1. The van der Waals surface area contributed by atoms with Crippen molar-refractivity contribution in [1.29, 1.82) is 0 Å². The van der Waals surface area contributed by atoms with E-state index in [2.05, 4.69) is 27.7 Å². The lowest BCUT2D eigenvalue weighted by Gasteiger charge is -2.34. The first-order chi connectivity index (χ1) is 17.4. The molecule has 6 nitrogen and oxygen atoms in total. The number of aliphatic hydroxyl groups is 1. The standard InChI is InChI=1S/C29H34ClN3O3/c1-29(35,20-31-25-15-17-33(18-16-25)19-22-11-13-24(30)14-12-22)21-36-27-10-6-5-9-26(27)32-28(34)23-7-3-2-4-8-23/h2-14,25,31,35H,15-21H2,1H3,(H,32,34). The fraction of sp³-hybridized carbons (Fsp3) is 0.345. The third-order valence-electron chi connectivity index (χ3n) is 6.39. The van der Waals surface area contributed by atoms with E-state index in [1.165, 1.54) is 5.56 Å². The zero-order valence-corrected chi connectivity index (χ0v) is 21.4. The molecule has 0 bridgehead atoms. The van der Waals surface area contributed by atoms with Crippen molar-refractivity contribution in [2.75, 3.05) is 31.6 Å². The molecule has 0 aliphatic carbocycles. The Balaban J connectivity index is 1.22. The number of halogens is 1. The Morgan fingerprint density at radius 2 is 1.69 bits per heavy atom. The molecule has 1 fully saturated rings. The van der Waals surface area contributed by atoms with Gasteiger partial charge in [-0.2, -0.15) is 0 Å². The van der Waals surface area contributed by atoms with Gasteiger partial charge in [-0.25, -0.2) is 0 Å². The summed E-state index contributed by atoms with van der Waals surface area (Å²) < 4.78 is 5.95. The van der Waals surface area contributed by atoms with E-state index < -0.39 is 5.60 Å². The molecule has 1 heterocycles. The van der Waals surface area contributed by atoms with Gasteiger partial charge in [0, 0.05) is 29.7 Å². The fourth-order valence-electron chi connectivity index (χ4n) is 4.27. The van der Waals surface area contributed by atoms with Gasteiger partial charge in [0.2, 0.25) is 0 Å². The van der Waals surface area contributed by atoms with E-state index in [4.69, 9.17) is 16.3 Å². The predicted molar refractivity (Wildman–Crippen MR) is 145 cm³/mol. The van der Waals surface area contributed by atoms with E-state index in [1.807, 2.05) is 42.5 Å². The highest BCUT2D eigenvalue weighted by molar-refractivity contribution is 6.30. The van der Waals surface area contributed by atoms with Crippen LogP contribution in [0, 0.1) is 0 Å². The van der Waals surface area contributed by atoms with E-state index >= 15 is 0 Å². The van der Waals surface area contributed by atoms with E-state index in [9.17, 15) is 9.90 Å². The largest absolute Gasteiger partial charge is 0.488 e. The molecule has 1 aliphatic rings. The van der Waals surface area contributed by atoms with Crippen LogP contribution in [0.3, 0.4) is 0 Å². The zero-order valence-electron chi connectivity index (χ0n) is 20.6. The highest BCUT2D eigenvalue weighted by Crippen LogP contribution is 2.25. The number of hydrogen-bond donors (Lipinski definition) is 3. The van der Waals surface area contributed by atoms with Crippen LogP contribution in [0.2, 0.25) is 5.02 Å². The van der Waals surface area contributed by atoms with Gasteiger partial charge in [-0.15, -0.1) is 0 Å². The number of ether oxygens (including phenoxy) is 1. The van der Waals surface area contributed by atoms with Gasteiger partial charge in [0.25, 0.3) is 5.91 Å². The number of amides is 1. The first kappa shape index (κ1) is 26.2. The van der Waals surface area contributed by atoms with Crippen molar-refractivity contribution in [2.45, 2.75) is 38.0 Å². The SMILES string of the molecule is CC(O)(CNC1CCN(Cc2ccc(Cl)cc2)CC1)COc1ccccc1NC(=O)c1ccccc1. The number of anilines is 1. The Labute approximate surface area is 218 Å². The summed E-state index contributed by atoms with van der Waals surface area (Å²) in [5.41, 5.74) is 1.36. The van der Waals surface area contributed by atoms with Crippen LogP contribution in [-0.4, -0.2) is 53.8 Å². The lowest BCUT2D eigenvalue weighted by molar-refractivity contribution is 0.00838. The van der Waals surface area contributed by atoms with Crippen molar-refractivity contribution >= 4 is 23.2 Å². The summed E-state index contributed by atoms with van der Waals surface area (Å²) in [6.07, 6.45) is 2.05. The van der Waals surface area contributed by atoms with Gasteiger partial charge in [0.1, 0.15) is 18.0 Å². The molecular formula is C29H34ClN3O3. The average molecular weight is 508 g/mol. The van der Waals surface area contributed by atoms with E-state index in [0.29, 0.717) is 29.6 Å². The molecule has 3 aromatic rings. The van der Waals surface area contributed by atoms with Crippen LogP contribution in [-0.2, 0) is 6.54 Å². The molecular weight excluding hydrogens is 474 g/mol. The number of nitrogens with one attached hydrogen (secondary N) is 2. The number of benzene rings is 3. The molecule has 7 heteroatoms. The molecule has 1 atom stereocenters. The van der Waals surface area contributed by atoms with Gasteiger partial charge in [-0.1, -0.05) is 54.1 Å². The molecule has 1 aliphatic heterocycles. The Kier molecular flexibility index (Phi) is 8.99. The van der Waals surface area contributed by atoms with Gasteiger partial charge >= 0.3 is 0 Å². The highest BCUT2D eigenvalue weighted by atomic mass is 35.5. The Morgan fingerprint density at radius 1 is 1.03 bits per heavy atom. The van der Waals surface area contributed by atoms with Crippen molar-refractivity contribution in [2.24, 2.45) is 0 Å². The lowest BCUT2D eigenvalue weighted by Crippen LogP contribution is -2.49. The number of para-hydroxylation sites is 2. The first-order valence-corrected chi connectivity index (χ1v) is 12.8. The summed E-state index contributed by atoms with van der Waals surface area (Å²) in [5.74, 6) is 0.319. The van der Waals surface area contributed by atoms with Gasteiger partial charge < -0.3 is 20.5 Å². The predicted octanol–water partition coefficient (Wildman–Crippen LogP) is 4.98. The third-order valence-corrected chi connectivity index (χ3v) is 6.64. The van der Waals surface area contributed by atoms with Crippen molar-refractivity contribution in [1.82, 2.24) is 10.2 Å². The monoisotopic (exact) mass is 507 g/mol. The maximum absolute atomic E-state index is 12.5. The lowest BCUT2D eigenvalue weighted by atomic mass is 10.0. The maximum atomic E-state index is 12.5. The topological polar surface area (TPSA) is 73.8 Å². The third kappa shape index (κ3) is 7.80. The van der Waals surface area contributed by atoms with Crippen molar-refractivity contribution < 1.29 is 14.6 Å². The number of likely N-dealkylation sites (tertiary alicyclic amines) is 1. The molecule has 0 spiro atoms. The summed E-state index contributed by atoms with van der Waals surface area (Å²) in [6.45, 7) is 5.23. The van der Waals surface area contributed by atoms with Gasteiger partial charge in [0.05, 0.1) is 5.69 Å². The second-order valence-electron chi connectivity index (χ2n) is 9.66. The van der Waals surface area contributed by atoms with Crippen LogP contribution in [0.4, 0.5) is 5.69 Å². The Bertz CT molecular complexity index is 1110. The van der Waals surface area contributed by atoms with Crippen LogP contribution in [0.1, 0.15) is 35.7 Å². The number of nitrogens with zero attached hydrogens (tertiary/aromatic N) is 1. The minimum atomic E-state index is -1.06. The molecule has 1 amide bonds. The Morgan fingerprint density at radius 3 is 2.42 bits per heavy atom. The molecule has 1 saturated heterocycles. The zero-order chi connectivity index (χ0) is 25.4. The Hall–Kier alpha value is -2.90. The van der Waals surface area contributed by atoms with Crippen LogP contribution >= 0.6 is 11.6 Å². The number of hydrogen-bond acceptors (Lipinski definition) is 5. The van der Waals surface area contributed by atoms with Crippen molar-refractivity contribution in [3.05, 3.63) is 95.0 Å². The second kappa shape index (κ2) is 12.4. The van der Waals surface area contributed by atoms with Crippen LogP contribution in [0.5, 0.6) is 5.75 Å². The van der Waals surface area contributed by atoms with Crippen molar-refractivity contribution in [3.63, 3.8) is 0 Å². The molecule has 3 aromatic carbocycles. The quantitative estimate of drug-likeness (QED) is 0.361. The summed E-state index contributed by atoms with van der Waals surface area (Å²) in [7, 11) is 0. The van der Waals surface area contributed by atoms with Gasteiger partial charge in [-0.05, 0) is 74.8 Å². The molecule has 0 radical (unpaired) electrons. The highest BCUT2D eigenvalue weighted by Gasteiger charge is 2.26. The van der Waals surface area contributed by atoms with Gasteiger partial charge in [-0.3, -0.25) is 9.69 Å². The van der Waals surface area contributed by atoms with Crippen molar-refractivity contribution in [3.8, 4) is 5.75 Å². The number of piperidine rings is 1. The molecule has 190 valence electrons. The van der Waals surface area contributed by atoms with Crippen LogP contribution in [0.15, 0.2) is 78.9 Å². The maximum Gasteiger partial charge on any atom is 0.255 e. The second-order valence-corrected chi connectivity index (χ2v) is 10.1. The van der Waals surface area contributed by atoms with E-state index in [0.717, 1.165) is 37.5 Å². The minimum absolute atomic E-state index is 0.105. The molecule has 36 heavy (non-hydrogen) atoms. The molecule has 0 saturated carbocycles. The summed E-state index contributed by atoms with van der Waals surface area (Å²) >= 11 is 5.99. The van der Waals surface area contributed by atoms with Gasteiger partial charge in [0.15, 0.2) is 0 Å². The normalized spacial score (nSPS) is 16.3. The summed E-state index contributed by atoms with van der Waals surface area (Å²) in [6, 6.07) is 24.7. The smallest absolute Gasteiger partial charge is 0.255 e. The molecule has 0 aromatic heterocycles. The molecule has 3 N–H and O–H groups in total. The number of carbonyl (C=O) groups is 1. The van der Waals surface area contributed by atoms with E-state index in [-0.39, 0.29) is 12.5 Å². The summed E-state index contributed by atoms with van der Waals surface area (Å²) in [4.78, 5) is 15.0. The minimum Gasteiger partial charge on any atom is -0.488 e.